The van der Waals surface area contributed by atoms with E-state index in [1.807, 2.05) is 24.3 Å². The molecule has 14 heavy (non-hydrogen) atoms. The number of hydrogen-bond donors (Lipinski definition) is 1. The van der Waals surface area contributed by atoms with Gasteiger partial charge in [-0.3, -0.25) is 0 Å². The fourth-order valence-electron chi connectivity index (χ4n) is 1.21. The Morgan fingerprint density at radius 1 is 1.36 bits per heavy atom. The summed E-state index contributed by atoms with van der Waals surface area (Å²) in [6.07, 6.45) is -0.105. The van der Waals surface area contributed by atoms with Gasteiger partial charge >= 0.3 is 0 Å². The summed E-state index contributed by atoms with van der Waals surface area (Å²) >= 11 is 0. The Morgan fingerprint density at radius 2 is 2.00 bits per heavy atom. The van der Waals surface area contributed by atoms with Crippen LogP contribution < -0.4 is 4.74 Å². The van der Waals surface area contributed by atoms with Crippen molar-refractivity contribution in [3.05, 3.63) is 29.8 Å². The van der Waals surface area contributed by atoms with Crippen molar-refractivity contribution in [2.24, 2.45) is 0 Å². The maximum absolute atomic E-state index is 12.7. The van der Waals surface area contributed by atoms with Gasteiger partial charge in [0, 0.05) is 0 Å². The van der Waals surface area contributed by atoms with Crippen molar-refractivity contribution in [2.45, 2.75) is 19.0 Å². The number of halogens is 1. The van der Waals surface area contributed by atoms with Crippen molar-refractivity contribution in [3.63, 3.8) is 0 Å². The minimum absolute atomic E-state index is 0.364. The molecular formula is C11H15FO2. The molecule has 0 amide bonds. The van der Waals surface area contributed by atoms with Crippen molar-refractivity contribution in [3.8, 4) is 5.75 Å². The second-order valence-corrected chi connectivity index (χ2v) is 3.17. The van der Waals surface area contributed by atoms with E-state index >= 15 is 0 Å². The van der Waals surface area contributed by atoms with Crippen LogP contribution in [0.2, 0.25) is 0 Å². The van der Waals surface area contributed by atoms with E-state index in [0.29, 0.717) is 12.8 Å². The van der Waals surface area contributed by atoms with Crippen LogP contribution in [0.1, 0.15) is 12.0 Å². The molecule has 3 heteroatoms. The van der Waals surface area contributed by atoms with E-state index in [9.17, 15) is 4.39 Å². The molecule has 78 valence electrons. The second kappa shape index (κ2) is 5.60. The molecular weight excluding hydrogens is 183 g/mol. The van der Waals surface area contributed by atoms with Gasteiger partial charge in [-0.15, -0.1) is 0 Å². The van der Waals surface area contributed by atoms with E-state index in [-0.39, 0.29) is 0 Å². The van der Waals surface area contributed by atoms with Gasteiger partial charge in [0.2, 0.25) is 0 Å². The van der Waals surface area contributed by atoms with Crippen molar-refractivity contribution >= 4 is 0 Å². The molecule has 0 saturated heterocycles. The largest absolute Gasteiger partial charge is 0.497 e. The summed E-state index contributed by atoms with van der Waals surface area (Å²) in [5.74, 6) is 0.799. The average Bonchev–Trinajstić information content (AvgIpc) is 2.26. The second-order valence-electron chi connectivity index (χ2n) is 3.17. The number of alkyl halides is 1. The third-order valence-electron chi connectivity index (χ3n) is 2.10. The van der Waals surface area contributed by atoms with Crippen molar-refractivity contribution in [2.75, 3.05) is 13.7 Å². The number of ether oxygens (including phenoxy) is 1. The molecule has 0 aliphatic rings. The zero-order chi connectivity index (χ0) is 10.4. The van der Waals surface area contributed by atoms with Gasteiger partial charge in [-0.25, -0.2) is 4.39 Å². The van der Waals surface area contributed by atoms with Gasteiger partial charge in [0.15, 0.2) is 0 Å². The van der Waals surface area contributed by atoms with E-state index in [1.54, 1.807) is 7.11 Å². The van der Waals surface area contributed by atoms with Crippen molar-refractivity contribution in [1.82, 2.24) is 0 Å². The predicted octanol–water partition coefficient (Wildman–Crippen LogP) is 1.96. The normalized spacial score (nSPS) is 12.5. The number of aryl methyl sites for hydroxylation is 1. The quantitative estimate of drug-likeness (QED) is 0.783. The first-order chi connectivity index (χ1) is 6.76. The molecule has 0 radical (unpaired) electrons. The Morgan fingerprint density at radius 3 is 2.50 bits per heavy atom. The lowest BCUT2D eigenvalue weighted by atomic mass is 10.1. The van der Waals surface area contributed by atoms with E-state index < -0.39 is 12.8 Å². The lowest BCUT2D eigenvalue weighted by Crippen LogP contribution is -2.06. The zero-order valence-corrected chi connectivity index (χ0v) is 8.24. The molecule has 0 bridgehead atoms. The van der Waals surface area contributed by atoms with Crippen LogP contribution in [0.5, 0.6) is 5.75 Å². The van der Waals surface area contributed by atoms with Gasteiger partial charge in [0.25, 0.3) is 0 Å². The molecule has 0 unspecified atom stereocenters. The highest BCUT2D eigenvalue weighted by Gasteiger charge is 2.04. The lowest BCUT2D eigenvalue weighted by Gasteiger charge is -2.05. The first-order valence-electron chi connectivity index (χ1n) is 4.64. The monoisotopic (exact) mass is 198 g/mol. The smallest absolute Gasteiger partial charge is 0.123 e. The summed E-state index contributed by atoms with van der Waals surface area (Å²) in [5.41, 5.74) is 1.06. The van der Waals surface area contributed by atoms with Gasteiger partial charge in [-0.2, -0.15) is 0 Å². The fourth-order valence-corrected chi connectivity index (χ4v) is 1.21. The summed E-state index contributed by atoms with van der Waals surface area (Å²) in [4.78, 5) is 0. The Labute approximate surface area is 83.3 Å². The highest BCUT2D eigenvalue weighted by molar-refractivity contribution is 5.27. The molecule has 0 aliphatic carbocycles. The topological polar surface area (TPSA) is 29.5 Å². The molecule has 1 atom stereocenters. The summed E-state index contributed by atoms with van der Waals surface area (Å²) < 4.78 is 17.7. The molecule has 0 aromatic heterocycles. The van der Waals surface area contributed by atoms with E-state index in [2.05, 4.69) is 0 Å². The summed E-state index contributed by atoms with van der Waals surface area (Å²) in [5, 5.41) is 8.50. The summed E-state index contributed by atoms with van der Waals surface area (Å²) in [6.45, 7) is -0.393. The van der Waals surface area contributed by atoms with Crippen LogP contribution in [0.25, 0.3) is 0 Å². The first kappa shape index (κ1) is 11.0. The van der Waals surface area contributed by atoms with Gasteiger partial charge in [-0.05, 0) is 30.5 Å². The van der Waals surface area contributed by atoms with E-state index in [0.717, 1.165) is 11.3 Å². The van der Waals surface area contributed by atoms with Crippen LogP contribution >= 0.6 is 0 Å². The number of aliphatic hydroxyl groups excluding tert-OH is 1. The number of benzene rings is 1. The number of rotatable bonds is 5. The molecule has 1 rings (SSSR count). The van der Waals surface area contributed by atoms with Crippen LogP contribution in [0.3, 0.4) is 0 Å². The van der Waals surface area contributed by atoms with Crippen molar-refractivity contribution < 1.29 is 14.2 Å². The minimum Gasteiger partial charge on any atom is -0.497 e. The third-order valence-corrected chi connectivity index (χ3v) is 2.10. The zero-order valence-electron chi connectivity index (χ0n) is 8.24. The van der Waals surface area contributed by atoms with Gasteiger partial charge in [-0.1, -0.05) is 12.1 Å². The Kier molecular flexibility index (Phi) is 4.40. The van der Waals surface area contributed by atoms with Gasteiger partial charge in [0.05, 0.1) is 13.7 Å². The molecule has 0 fully saturated rings. The minimum atomic E-state index is -1.11. The van der Waals surface area contributed by atoms with Crippen LogP contribution in [0, 0.1) is 0 Å². The summed E-state index contributed by atoms with van der Waals surface area (Å²) in [6, 6.07) is 7.51. The Bertz CT molecular complexity index is 258. The summed E-state index contributed by atoms with van der Waals surface area (Å²) in [7, 11) is 1.61. The van der Waals surface area contributed by atoms with E-state index in [1.165, 1.54) is 0 Å². The van der Waals surface area contributed by atoms with Crippen molar-refractivity contribution in [1.29, 1.82) is 0 Å². The highest BCUT2D eigenvalue weighted by atomic mass is 19.1. The molecule has 0 spiro atoms. The first-order valence-corrected chi connectivity index (χ1v) is 4.64. The van der Waals surface area contributed by atoms with Gasteiger partial charge in [0.1, 0.15) is 11.9 Å². The third kappa shape index (κ3) is 3.34. The van der Waals surface area contributed by atoms with Crippen LogP contribution in [-0.4, -0.2) is 25.0 Å². The maximum Gasteiger partial charge on any atom is 0.123 e. The number of aliphatic hydroxyl groups is 1. The van der Waals surface area contributed by atoms with E-state index in [4.69, 9.17) is 9.84 Å². The molecule has 1 aromatic rings. The van der Waals surface area contributed by atoms with Crippen LogP contribution in [0.4, 0.5) is 4.39 Å². The lowest BCUT2D eigenvalue weighted by molar-refractivity contribution is 0.170. The Hall–Kier alpha value is -1.09. The predicted molar refractivity (Wildman–Crippen MR) is 53.3 cm³/mol. The number of hydrogen-bond acceptors (Lipinski definition) is 2. The molecule has 0 heterocycles. The maximum atomic E-state index is 12.7. The molecule has 1 aromatic carbocycles. The fraction of sp³-hybridized carbons (Fsp3) is 0.455. The average molecular weight is 198 g/mol. The Balaban J connectivity index is 2.43. The standard InChI is InChI=1S/C11H15FO2/c1-14-11-6-3-9(4-7-11)2-5-10(12)8-13/h3-4,6-7,10,13H,2,5,8H2,1H3/t10-/m1/s1. The van der Waals surface area contributed by atoms with Crippen LogP contribution in [-0.2, 0) is 6.42 Å². The van der Waals surface area contributed by atoms with Gasteiger partial charge < -0.3 is 9.84 Å². The molecule has 0 aliphatic heterocycles. The molecule has 0 saturated carbocycles. The SMILES string of the molecule is COc1ccc(CC[C@@H](F)CO)cc1. The molecule has 2 nitrogen and oxygen atoms in total. The number of methoxy groups -OCH3 is 1. The molecule has 1 N–H and O–H groups in total. The van der Waals surface area contributed by atoms with Crippen LogP contribution in [0.15, 0.2) is 24.3 Å². The highest BCUT2D eigenvalue weighted by Crippen LogP contribution is 2.13.